The Hall–Kier alpha value is -4.33. The highest BCUT2D eigenvalue weighted by molar-refractivity contribution is 5.81. The molecule has 8 heteroatoms. The third kappa shape index (κ3) is 3.94. The molecule has 0 atom stereocenters. The molecule has 0 spiro atoms. The van der Waals surface area contributed by atoms with Crippen molar-refractivity contribution in [3.05, 3.63) is 83.8 Å². The first-order valence-electron chi connectivity index (χ1n) is 12.0. The third-order valence-corrected chi connectivity index (χ3v) is 6.58. The van der Waals surface area contributed by atoms with E-state index in [9.17, 15) is 0 Å². The number of hydrogen-bond acceptors (Lipinski definition) is 6. The highest BCUT2D eigenvalue weighted by Crippen LogP contribution is 2.36. The van der Waals surface area contributed by atoms with Crippen molar-refractivity contribution in [2.45, 2.75) is 20.3 Å². The minimum absolute atomic E-state index is 0.595. The number of benzene rings is 2. The van der Waals surface area contributed by atoms with Crippen molar-refractivity contribution in [2.24, 2.45) is 0 Å². The molecule has 0 bridgehead atoms. The van der Waals surface area contributed by atoms with Crippen molar-refractivity contribution >= 4 is 11.3 Å². The number of anilines is 1. The van der Waals surface area contributed by atoms with Gasteiger partial charge in [0.2, 0.25) is 0 Å². The predicted molar refractivity (Wildman–Crippen MR) is 140 cm³/mol. The van der Waals surface area contributed by atoms with Crippen molar-refractivity contribution in [1.82, 2.24) is 24.1 Å². The van der Waals surface area contributed by atoms with Gasteiger partial charge in [-0.05, 0) is 60.9 Å². The SMILES string of the molecule is COc1cc(Cc2nc3c(-c4ccc5c(c4)OCCN5C)cc(C)cn3n2)ccc1-n1cnc(C)c1. The van der Waals surface area contributed by atoms with Gasteiger partial charge >= 0.3 is 0 Å². The maximum Gasteiger partial charge on any atom is 0.163 e. The standard InChI is InChI=1S/C28H28N6O2/c1-18-11-22(21-6-8-23-26(14-21)36-10-9-32(23)3)28-30-27(31-34(28)15-18)13-20-5-7-24(25(12-20)35-4)33-16-19(2)29-17-33/h5-8,11-12,14-17H,9-10,13H2,1-4H3. The van der Waals surface area contributed by atoms with E-state index in [2.05, 4.69) is 54.2 Å². The van der Waals surface area contributed by atoms with Gasteiger partial charge in [0, 0.05) is 31.4 Å². The van der Waals surface area contributed by atoms with Gasteiger partial charge in [-0.2, -0.15) is 5.10 Å². The van der Waals surface area contributed by atoms with Crippen molar-refractivity contribution in [3.8, 4) is 28.3 Å². The number of nitrogens with zero attached hydrogens (tertiary/aromatic N) is 6. The van der Waals surface area contributed by atoms with Crippen LogP contribution in [0, 0.1) is 13.8 Å². The van der Waals surface area contributed by atoms with Crippen molar-refractivity contribution in [2.75, 3.05) is 32.2 Å². The zero-order chi connectivity index (χ0) is 24.8. The lowest BCUT2D eigenvalue weighted by atomic mass is 10.0. The van der Waals surface area contributed by atoms with Crippen LogP contribution in [0.1, 0.15) is 22.6 Å². The number of hydrogen-bond donors (Lipinski definition) is 0. The average Bonchev–Trinajstić information content (AvgIpc) is 3.48. The van der Waals surface area contributed by atoms with Crippen LogP contribution in [0.3, 0.4) is 0 Å². The summed E-state index contributed by atoms with van der Waals surface area (Å²) in [6.07, 6.45) is 6.39. The van der Waals surface area contributed by atoms with E-state index in [4.69, 9.17) is 19.6 Å². The molecule has 8 nitrogen and oxygen atoms in total. The fraction of sp³-hybridized carbons (Fsp3) is 0.250. The Kier molecular flexibility index (Phi) is 5.36. The second-order valence-electron chi connectivity index (χ2n) is 9.29. The molecule has 1 aliphatic heterocycles. The molecule has 0 unspecified atom stereocenters. The molecule has 4 heterocycles. The molecule has 5 aromatic rings. The first kappa shape index (κ1) is 22.2. The number of ether oxygens (including phenoxy) is 2. The number of imidazole rings is 1. The lowest BCUT2D eigenvalue weighted by Gasteiger charge is -2.28. The molecule has 0 radical (unpaired) electrons. The van der Waals surface area contributed by atoms with Gasteiger partial charge in [-0.25, -0.2) is 14.5 Å². The molecule has 6 rings (SSSR count). The zero-order valence-corrected chi connectivity index (χ0v) is 20.9. The van der Waals surface area contributed by atoms with Gasteiger partial charge in [-0.3, -0.25) is 0 Å². The monoisotopic (exact) mass is 480 g/mol. The highest BCUT2D eigenvalue weighted by Gasteiger charge is 2.18. The first-order valence-corrected chi connectivity index (χ1v) is 12.0. The van der Waals surface area contributed by atoms with Crippen LogP contribution in [0.4, 0.5) is 5.69 Å². The van der Waals surface area contributed by atoms with Crippen molar-refractivity contribution < 1.29 is 9.47 Å². The van der Waals surface area contributed by atoms with Crippen LogP contribution in [0.2, 0.25) is 0 Å². The number of aromatic nitrogens is 5. The number of aryl methyl sites for hydroxylation is 2. The van der Waals surface area contributed by atoms with Crippen molar-refractivity contribution in [1.29, 1.82) is 0 Å². The van der Waals surface area contributed by atoms with E-state index in [-0.39, 0.29) is 0 Å². The Morgan fingerprint density at radius 2 is 1.89 bits per heavy atom. The molecule has 36 heavy (non-hydrogen) atoms. The lowest BCUT2D eigenvalue weighted by molar-refractivity contribution is 0.311. The number of rotatable bonds is 5. The molecule has 0 N–H and O–H groups in total. The largest absolute Gasteiger partial charge is 0.495 e. The summed E-state index contributed by atoms with van der Waals surface area (Å²) in [5.41, 5.74) is 8.14. The molecule has 0 saturated heterocycles. The van der Waals surface area contributed by atoms with E-state index in [0.29, 0.717) is 13.0 Å². The fourth-order valence-corrected chi connectivity index (χ4v) is 4.76. The summed E-state index contributed by atoms with van der Waals surface area (Å²) in [6, 6.07) is 14.7. The molecular weight excluding hydrogens is 452 g/mol. The van der Waals surface area contributed by atoms with Crippen LogP contribution >= 0.6 is 0 Å². The third-order valence-electron chi connectivity index (χ3n) is 6.58. The smallest absolute Gasteiger partial charge is 0.163 e. The molecule has 182 valence electrons. The maximum absolute atomic E-state index is 5.95. The van der Waals surface area contributed by atoms with E-state index in [1.54, 1.807) is 13.4 Å². The van der Waals surface area contributed by atoms with Crippen LogP contribution < -0.4 is 14.4 Å². The van der Waals surface area contributed by atoms with Gasteiger partial charge in [-0.15, -0.1) is 0 Å². The zero-order valence-electron chi connectivity index (χ0n) is 20.9. The van der Waals surface area contributed by atoms with Gasteiger partial charge in [-0.1, -0.05) is 12.1 Å². The van der Waals surface area contributed by atoms with Gasteiger partial charge in [0.15, 0.2) is 11.5 Å². The van der Waals surface area contributed by atoms with E-state index < -0.39 is 0 Å². The van der Waals surface area contributed by atoms with Crippen LogP contribution in [-0.4, -0.2) is 51.5 Å². The topological polar surface area (TPSA) is 69.7 Å². The molecule has 0 fully saturated rings. The minimum Gasteiger partial charge on any atom is -0.495 e. The molecule has 2 aromatic carbocycles. The summed E-state index contributed by atoms with van der Waals surface area (Å²) in [5, 5.41) is 4.80. The van der Waals surface area contributed by atoms with Gasteiger partial charge in [0.1, 0.15) is 18.1 Å². The summed E-state index contributed by atoms with van der Waals surface area (Å²) >= 11 is 0. The van der Waals surface area contributed by atoms with Crippen LogP contribution in [0.5, 0.6) is 11.5 Å². The summed E-state index contributed by atoms with van der Waals surface area (Å²) in [6.45, 7) is 5.63. The summed E-state index contributed by atoms with van der Waals surface area (Å²) in [5.74, 6) is 2.44. The first-order chi connectivity index (χ1) is 17.5. The van der Waals surface area contributed by atoms with Crippen molar-refractivity contribution in [3.63, 3.8) is 0 Å². The lowest BCUT2D eigenvalue weighted by Crippen LogP contribution is -2.28. The summed E-state index contributed by atoms with van der Waals surface area (Å²) in [4.78, 5) is 11.5. The van der Waals surface area contributed by atoms with Crippen LogP contribution in [0.25, 0.3) is 22.5 Å². The number of fused-ring (bicyclic) bond motifs is 2. The molecule has 1 aliphatic rings. The average molecular weight is 481 g/mol. The molecule has 0 amide bonds. The van der Waals surface area contributed by atoms with Gasteiger partial charge < -0.3 is 18.9 Å². The Balaban J connectivity index is 1.35. The molecule has 0 saturated carbocycles. The van der Waals surface area contributed by atoms with Gasteiger partial charge in [0.25, 0.3) is 0 Å². The second kappa shape index (κ2) is 8.71. The normalized spacial score (nSPS) is 13.1. The van der Waals surface area contributed by atoms with Crippen LogP contribution in [0.15, 0.2) is 61.2 Å². The number of likely N-dealkylation sites (N-methyl/N-ethyl adjacent to an activating group) is 1. The summed E-state index contributed by atoms with van der Waals surface area (Å²) < 4.78 is 15.5. The summed E-state index contributed by atoms with van der Waals surface area (Å²) in [7, 11) is 3.78. The van der Waals surface area contributed by atoms with E-state index in [0.717, 1.165) is 68.8 Å². The maximum atomic E-state index is 5.95. The Morgan fingerprint density at radius 3 is 2.69 bits per heavy atom. The number of methoxy groups -OCH3 is 1. The van der Waals surface area contributed by atoms with E-state index in [1.807, 2.05) is 40.5 Å². The minimum atomic E-state index is 0.595. The Morgan fingerprint density at radius 1 is 1.03 bits per heavy atom. The quantitative estimate of drug-likeness (QED) is 0.365. The highest BCUT2D eigenvalue weighted by atomic mass is 16.5. The Bertz CT molecular complexity index is 1580. The predicted octanol–water partition coefficient (Wildman–Crippen LogP) is 4.63. The molecule has 0 aliphatic carbocycles. The second-order valence-corrected chi connectivity index (χ2v) is 9.29. The van der Waals surface area contributed by atoms with Gasteiger partial charge in [0.05, 0.1) is 37.1 Å². The van der Waals surface area contributed by atoms with E-state index in [1.165, 1.54) is 0 Å². The fourth-order valence-electron chi connectivity index (χ4n) is 4.76. The van der Waals surface area contributed by atoms with Crippen LogP contribution in [-0.2, 0) is 6.42 Å². The molecule has 3 aromatic heterocycles. The Labute approximate surface area is 209 Å². The number of pyridine rings is 1. The molecular formula is C28H28N6O2. The van der Waals surface area contributed by atoms with E-state index >= 15 is 0 Å².